The Bertz CT molecular complexity index is 547. The molecule has 18 heavy (non-hydrogen) atoms. The lowest BCUT2D eigenvalue weighted by Crippen LogP contribution is -2.04. The van der Waals surface area contributed by atoms with Crippen LogP contribution in [0.5, 0.6) is 0 Å². The zero-order valence-corrected chi connectivity index (χ0v) is 9.93. The number of nitrogen functional groups attached to an aromatic ring is 1. The monoisotopic (exact) mass is 248 g/mol. The second kappa shape index (κ2) is 5.50. The van der Waals surface area contributed by atoms with E-state index in [1.165, 1.54) is 12.3 Å². The molecule has 0 aliphatic carbocycles. The third-order valence-corrected chi connectivity index (χ3v) is 2.28. The highest BCUT2D eigenvalue weighted by atomic mass is 19.1. The zero-order valence-electron chi connectivity index (χ0n) is 9.93. The smallest absolute Gasteiger partial charge is 0.157 e. The normalized spacial score (nSPS) is 10.6. The average molecular weight is 248 g/mol. The van der Waals surface area contributed by atoms with Gasteiger partial charge >= 0.3 is 0 Å². The molecule has 6 heteroatoms. The molecule has 2 N–H and O–H groups in total. The standard InChI is InChI=1S/C12H13FN4O/c1-2-18-7-12-16-10(5-11(14)17-12)8-3-4-15-6-9(8)13/h3-6H,2,7H2,1H3,(H2,14,16,17). The summed E-state index contributed by atoms with van der Waals surface area (Å²) in [5.74, 6) is 0.270. The number of hydrogen-bond acceptors (Lipinski definition) is 5. The second-order valence-electron chi connectivity index (χ2n) is 3.59. The maximum Gasteiger partial charge on any atom is 0.157 e. The summed E-state index contributed by atoms with van der Waals surface area (Å²) in [5.41, 5.74) is 6.45. The Morgan fingerprint density at radius 1 is 1.39 bits per heavy atom. The van der Waals surface area contributed by atoms with Gasteiger partial charge in [0.1, 0.15) is 12.4 Å². The largest absolute Gasteiger partial charge is 0.384 e. The first-order chi connectivity index (χ1) is 8.70. The maximum atomic E-state index is 13.6. The number of halogens is 1. The van der Waals surface area contributed by atoms with Crippen LogP contribution in [0.3, 0.4) is 0 Å². The van der Waals surface area contributed by atoms with E-state index < -0.39 is 5.82 Å². The van der Waals surface area contributed by atoms with E-state index in [0.717, 1.165) is 6.20 Å². The highest BCUT2D eigenvalue weighted by Gasteiger charge is 2.09. The fourth-order valence-corrected chi connectivity index (χ4v) is 1.50. The Kier molecular flexibility index (Phi) is 3.78. The molecule has 2 heterocycles. The van der Waals surface area contributed by atoms with Gasteiger partial charge in [0.2, 0.25) is 0 Å². The number of rotatable bonds is 4. The lowest BCUT2D eigenvalue weighted by molar-refractivity contribution is 0.128. The Labute approximate surface area is 104 Å². The zero-order chi connectivity index (χ0) is 13.0. The van der Waals surface area contributed by atoms with Gasteiger partial charge in [-0.25, -0.2) is 14.4 Å². The van der Waals surface area contributed by atoms with E-state index in [2.05, 4.69) is 15.0 Å². The Hall–Kier alpha value is -2.08. The van der Waals surface area contributed by atoms with Crippen molar-refractivity contribution in [2.75, 3.05) is 12.3 Å². The third kappa shape index (κ3) is 2.78. The highest BCUT2D eigenvalue weighted by molar-refractivity contribution is 5.61. The predicted octanol–water partition coefficient (Wildman–Crippen LogP) is 1.80. The van der Waals surface area contributed by atoms with E-state index in [9.17, 15) is 4.39 Å². The highest BCUT2D eigenvalue weighted by Crippen LogP contribution is 2.21. The van der Waals surface area contributed by atoms with Crippen LogP contribution in [-0.2, 0) is 11.3 Å². The topological polar surface area (TPSA) is 73.9 Å². The van der Waals surface area contributed by atoms with Crippen molar-refractivity contribution >= 4 is 5.82 Å². The van der Waals surface area contributed by atoms with Crippen molar-refractivity contribution in [1.29, 1.82) is 0 Å². The molecule has 0 bridgehead atoms. The van der Waals surface area contributed by atoms with Crippen LogP contribution in [0.2, 0.25) is 0 Å². The van der Waals surface area contributed by atoms with E-state index in [4.69, 9.17) is 10.5 Å². The quantitative estimate of drug-likeness (QED) is 0.893. The Morgan fingerprint density at radius 3 is 2.94 bits per heavy atom. The SMILES string of the molecule is CCOCc1nc(N)cc(-c2ccncc2F)n1. The molecular weight excluding hydrogens is 235 g/mol. The molecule has 0 amide bonds. The molecule has 2 rings (SSSR count). The molecule has 5 nitrogen and oxygen atoms in total. The van der Waals surface area contributed by atoms with Gasteiger partial charge in [-0.05, 0) is 13.0 Å². The summed E-state index contributed by atoms with van der Waals surface area (Å²) < 4.78 is 18.8. The van der Waals surface area contributed by atoms with Crippen LogP contribution in [0.1, 0.15) is 12.7 Å². The number of aromatic nitrogens is 3. The van der Waals surface area contributed by atoms with Crippen molar-refractivity contribution < 1.29 is 9.13 Å². The molecule has 0 aliphatic rings. The van der Waals surface area contributed by atoms with Gasteiger partial charge in [0.25, 0.3) is 0 Å². The number of pyridine rings is 1. The van der Waals surface area contributed by atoms with E-state index in [1.54, 1.807) is 6.07 Å². The minimum absolute atomic E-state index is 0.251. The van der Waals surface area contributed by atoms with Gasteiger partial charge in [-0.15, -0.1) is 0 Å². The second-order valence-corrected chi connectivity index (χ2v) is 3.59. The van der Waals surface area contributed by atoms with Crippen LogP contribution in [0, 0.1) is 5.82 Å². The molecular formula is C12H13FN4O. The van der Waals surface area contributed by atoms with Crippen LogP contribution in [0.4, 0.5) is 10.2 Å². The van der Waals surface area contributed by atoms with Gasteiger partial charge in [0.15, 0.2) is 11.6 Å². The van der Waals surface area contributed by atoms with E-state index >= 15 is 0 Å². The molecule has 0 radical (unpaired) electrons. The molecule has 94 valence electrons. The molecule has 0 aromatic carbocycles. The van der Waals surface area contributed by atoms with Gasteiger partial charge < -0.3 is 10.5 Å². The average Bonchev–Trinajstić information content (AvgIpc) is 2.36. The number of hydrogen-bond donors (Lipinski definition) is 1. The Morgan fingerprint density at radius 2 is 2.22 bits per heavy atom. The van der Waals surface area contributed by atoms with Gasteiger partial charge in [-0.2, -0.15) is 0 Å². The minimum atomic E-state index is -0.446. The van der Waals surface area contributed by atoms with E-state index in [-0.39, 0.29) is 12.4 Å². The van der Waals surface area contributed by atoms with Crippen molar-refractivity contribution in [2.24, 2.45) is 0 Å². The third-order valence-electron chi connectivity index (χ3n) is 2.28. The molecule has 0 saturated heterocycles. The van der Waals surface area contributed by atoms with Crippen LogP contribution >= 0.6 is 0 Å². The van der Waals surface area contributed by atoms with Crippen molar-refractivity contribution in [1.82, 2.24) is 15.0 Å². The van der Waals surface area contributed by atoms with Crippen molar-refractivity contribution in [3.05, 3.63) is 36.2 Å². The van der Waals surface area contributed by atoms with Crippen molar-refractivity contribution in [3.63, 3.8) is 0 Å². The molecule has 0 unspecified atom stereocenters. The van der Waals surface area contributed by atoms with E-state index in [0.29, 0.717) is 23.7 Å². The summed E-state index contributed by atoms with van der Waals surface area (Å²) in [5, 5.41) is 0. The molecule has 0 aliphatic heterocycles. The molecule has 0 spiro atoms. The summed E-state index contributed by atoms with van der Waals surface area (Å²) in [6.07, 6.45) is 2.63. The predicted molar refractivity (Wildman–Crippen MR) is 65.0 cm³/mol. The fraction of sp³-hybridized carbons (Fsp3) is 0.250. The Balaban J connectivity index is 2.39. The number of ether oxygens (including phenoxy) is 1. The number of nitrogens with two attached hydrogens (primary N) is 1. The van der Waals surface area contributed by atoms with Gasteiger partial charge in [-0.1, -0.05) is 0 Å². The van der Waals surface area contributed by atoms with E-state index in [1.807, 2.05) is 6.92 Å². The number of nitrogens with zero attached hydrogens (tertiary/aromatic N) is 3. The minimum Gasteiger partial charge on any atom is -0.384 e. The van der Waals surface area contributed by atoms with Crippen LogP contribution < -0.4 is 5.73 Å². The van der Waals surface area contributed by atoms with Crippen LogP contribution in [0.15, 0.2) is 24.5 Å². The summed E-state index contributed by atoms with van der Waals surface area (Å²) in [4.78, 5) is 11.9. The molecule has 2 aromatic rings. The maximum absolute atomic E-state index is 13.6. The summed E-state index contributed by atoms with van der Waals surface area (Å²) in [6, 6.07) is 3.06. The van der Waals surface area contributed by atoms with Crippen molar-refractivity contribution in [2.45, 2.75) is 13.5 Å². The first-order valence-electron chi connectivity index (χ1n) is 5.51. The fourth-order valence-electron chi connectivity index (χ4n) is 1.50. The van der Waals surface area contributed by atoms with Crippen LogP contribution in [-0.4, -0.2) is 21.6 Å². The lowest BCUT2D eigenvalue weighted by atomic mass is 10.2. The van der Waals surface area contributed by atoms with Crippen molar-refractivity contribution in [3.8, 4) is 11.3 Å². The molecule has 2 aromatic heterocycles. The van der Waals surface area contributed by atoms with Gasteiger partial charge in [0, 0.05) is 24.4 Å². The van der Waals surface area contributed by atoms with Gasteiger partial charge in [0.05, 0.1) is 11.9 Å². The number of anilines is 1. The summed E-state index contributed by atoms with van der Waals surface area (Å²) in [6.45, 7) is 2.67. The molecule has 0 fully saturated rings. The summed E-state index contributed by atoms with van der Waals surface area (Å²) >= 11 is 0. The van der Waals surface area contributed by atoms with Gasteiger partial charge in [-0.3, -0.25) is 4.98 Å². The van der Waals surface area contributed by atoms with Crippen LogP contribution in [0.25, 0.3) is 11.3 Å². The first kappa shape index (κ1) is 12.4. The molecule has 0 saturated carbocycles. The summed E-state index contributed by atoms with van der Waals surface area (Å²) in [7, 11) is 0. The lowest BCUT2D eigenvalue weighted by Gasteiger charge is -2.06. The molecule has 0 atom stereocenters. The first-order valence-corrected chi connectivity index (χ1v) is 5.51.